The van der Waals surface area contributed by atoms with Crippen molar-refractivity contribution in [1.82, 2.24) is 9.55 Å². The molecule has 12 heavy (non-hydrogen) atoms. The zero-order valence-electron chi connectivity index (χ0n) is 7.16. The second kappa shape index (κ2) is 2.73. The Morgan fingerprint density at radius 1 is 1.67 bits per heavy atom. The first-order chi connectivity index (χ1) is 5.79. The van der Waals surface area contributed by atoms with E-state index in [2.05, 4.69) is 11.9 Å². The van der Waals surface area contributed by atoms with Crippen LogP contribution < -0.4 is 5.56 Å². The number of hydrogen-bond donors (Lipinski definition) is 0. The van der Waals surface area contributed by atoms with E-state index in [-0.39, 0.29) is 5.56 Å². The van der Waals surface area contributed by atoms with Crippen LogP contribution in [-0.4, -0.2) is 9.55 Å². The molecule has 0 spiro atoms. The van der Waals surface area contributed by atoms with Crippen LogP contribution in [0.2, 0.25) is 0 Å². The highest BCUT2D eigenvalue weighted by Crippen LogP contribution is 2.19. The van der Waals surface area contributed by atoms with Crippen LogP contribution in [0.25, 0.3) is 0 Å². The minimum atomic E-state index is 0.0900. The van der Waals surface area contributed by atoms with Crippen LogP contribution in [0.4, 0.5) is 0 Å². The lowest BCUT2D eigenvalue weighted by Gasteiger charge is -2.23. The molecule has 0 radical (unpaired) electrons. The molecule has 64 valence electrons. The minimum absolute atomic E-state index is 0.0900. The van der Waals surface area contributed by atoms with Crippen LogP contribution in [0.3, 0.4) is 0 Å². The fourth-order valence-electron chi connectivity index (χ4n) is 1.80. The normalized spacial score (nSPS) is 21.9. The molecule has 0 unspecified atom stereocenters. The van der Waals surface area contributed by atoms with Crippen molar-refractivity contribution in [3.8, 4) is 0 Å². The summed E-state index contributed by atoms with van der Waals surface area (Å²) in [6.07, 6.45) is 4.79. The van der Waals surface area contributed by atoms with Crippen LogP contribution in [0.15, 0.2) is 17.1 Å². The van der Waals surface area contributed by atoms with E-state index in [0.29, 0.717) is 6.04 Å². The fourth-order valence-corrected chi connectivity index (χ4v) is 1.80. The monoisotopic (exact) mass is 164 g/mol. The highest BCUT2D eigenvalue weighted by atomic mass is 16.1. The molecule has 1 aliphatic heterocycles. The molecule has 3 nitrogen and oxygen atoms in total. The molecular weight excluding hydrogens is 152 g/mol. The van der Waals surface area contributed by atoms with Crippen molar-refractivity contribution in [1.29, 1.82) is 0 Å². The standard InChI is InChI=1S/C9H12N2O/c1-7-3-2-4-8-10-6-5-9(12)11(7)8/h5-7H,2-4H2,1H3/t7-/m1/s1. The van der Waals surface area contributed by atoms with E-state index < -0.39 is 0 Å². The van der Waals surface area contributed by atoms with Gasteiger partial charge in [0.05, 0.1) is 0 Å². The lowest BCUT2D eigenvalue weighted by atomic mass is 10.1. The fraction of sp³-hybridized carbons (Fsp3) is 0.556. The van der Waals surface area contributed by atoms with Crippen LogP contribution in [0, 0.1) is 0 Å². The molecule has 2 rings (SSSR count). The molecule has 1 aromatic heterocycles. The number of hydrogen-bond acceptors (Lipinski definition) is 2. The third-order valence-corrected chi connectivity index (χ3v) is 2.42. The van der Waals surface area contributed by atoms with Gasteiger partial charge in [-0.1, -0.05) is 0 Å². The molecule has 0 saturated heterocycles. The zero-order valence-corrected chi connectivity index (χ0v) is 7.16. The topological polar surface area (TPSA) is 34.9 Å². The van der Waals surface area contributed by atoms with Gasteiger partial charge in [-0.25, -0.2) is 4.98 Å². The summed E-state index contributed by atoms with van der Waals surface area (Å²) in [4.78, 5) is 15.6. The maximum absolute atomic E-state index is 11.4. The van der Waals surface area contributed by atoms with E-state index in [9.17, 15) is 4.79 Å². The molecular formula is C9H12N2O. The van der Waals surface area contributed by atoms with Gasteiger partial charge >= 0.3 is 0 Å². The van der Waals surface area contributed by atoms with Gasteiger partial charge in [0.25, 0.3) is 5.56 Å². The van der Waals surface area contributed by atoms with Gasteiger partial charge in [0, 0.05) is 24.7 Å². The summed E-state index contributed by atoms with van der Waals surface area (Å²) in [5.41, 5.74) is 0.0900. The third-order valence-electron chi connectivity index (χ3n) is 2.42. The highest BCUT2D eigenvalue weighted by Gasteiger charge is 2.16. The van der Waals surface area contributed by atoms with Gasteiger partial charge in [0.15, 0.2) is 0 Å². The molecule has 0 fully saturated rings. The Labute approximate surface area is 71.1 Å². The van der Waals surface area contributed by atoms with Gasteiger partial charge in [-0.05, 0) is 19.8 Å². The second-order valence-corrected chi connectivity index (χ2v) is 3.31. The third kappa shape index (κ3) is 1.05. The summed E-state index contributed by atoms with van der Waals surface area (Å²) in [6, 6.07) is 1.86. The SMILES string of the molecule is C[C@@H]1CCCc2nccc(=O)n21. The molecule has 0 N–H and O–H groups in total. The van der Waals surface area contributed by atoms with Gasteiger partial charge < -0.3 is 0 Å². The number of fused-ring (bicyclic) bond motifs is 1. The number of aryl methyl sites for hydroxylation is 1. The summed E-state index contributed by atoms with van der Waals surface area (Å²) in [5, 5.41) is 0. The molecule has 1 aromatic rings. The van der Waals surface area contributed by atoms with E-state index in [0.717, 1.165) is 25.1 Å². The Kier molecular flexibility index (Phi) is 1.71. The predicted octanol–water partition coefficient (Wildman–Crippen LogP) is 1.14. The first-order valence-corrected chi connectivity index (χ1v) is 4.35. The van der Waals surface area contributed by atoms with Gasteiger partial charge in [-0.2, -0.15) is 0 Å². The van der Waals surface area contributed by atoms with Crippen LogP contribution in [-0.2, 0) is 6.42 Å². The van der Waals surface area contributed by atoms with Crippen molar-refractivity contribution in [2.24, 2.45) is 0 Å². The van der Waals surface area contributed by atoms with Crippen molar-refractivity contribution in [3.63, 3.8) is 0 Å². The maximum Gasteiger partial charge on any atom is 0.253 e. The van der Waals surface area contributed by atoms with E-state index in [1.165, 1.54) is 6.07 Å². The Morgan fingerprint density at radius 2 is 2.50 bits per heavy atom. The van der Waals surface area contributed by atoms with Crippen molar-refractivity contribution < 1.29 is 0 Å². The van der Waals surface area contributed by atoms with E-state index in [1.807, 2.05) is 4.57 Å². The lowest BCUT2D eigenvalue weighted by Crippen LogP contribution is -2.29. The van der Waals surface area contributed by atoms with Crippen molar-refractivity contribution in [3.05, 3.63) is 28.4 Å². The van der Waals surface area contributed by atoms with Gasteiger partial charge in [-0.3, -0.25) is 9.36 Å². The first kappa shape index (κ1) is 7.53. The number of rotatable bonds is 0. The smallest absolute Gasteiger partial charge is 0.253 e. The highest BCUT2D eigenvalue weighted by molar-refractivity contribution is 4.98. The van der Waals surface area contributed by atoms with Crippen LogP contribution in [0.1, 0.15) is 31.6 Å². The average Bonchev–Trinajstić information content (AvgIpc) is 2.04. The summed E-state index contributed by atoms with van der Waals surface area (Å²) < 4.78 is 1.81. The molecule has 0 saturated carbocycles. The summed E-state index contributed by atoms with van der Waals surface area (Å²) >= 11 is 0. The molecule has 0 bridgehead atoms. The van der Waals surface area contributed by atoms with Gasteiger partial charge in [-0.15, -0.1) is 0 Å². The summed E-state index contributed by atoms with van der Waals surface area (Å²) in [5.74, 6) is 0.946. The van der Waals surface area contributed by atoms with Crippen molar-refractivity contribution in [2.45, 2.75) is 32.2 Å². The average molecular weight is 164 g/mol. The summed E-state index contributed by atoms with van der Waals surface area (Å²) in [6.45, 7) is 2.08. The van der Waals surface area contributed by atoms with E-state index >= 15 is 0 Å². The molecule has 0 aliphatic carbocycles. The van der Waals surface area contributed by atoms with Crippen LogP contribution >= 0.6 is 0 Å². The Morgan fingerprint density at radius 3 is 3.25 bits per heavy atom. The van der Waals surface area contributed by atoms with Crippen molar-refractivity contribution in [2.75, 3.05) is 0 Å². The van der Waals surface area contributed by atoms with Gasteiger partial charge in [0.1, 0.15) is 5.82 Å². The molecule has 1 atom stereocenters. The predicted molar refractivity (Wildman–Crippen MR) is 46.1 cm³/mol. The molecule has 0 amide bonds. The Balaban J connectivity index is 2.61. The zero-order chi connectivity index (χ0) is 8.55. The quantitative estimate of drug-likeness (QED) is 0.576. The van der Waals surface area contributed by atoms with Crippen LogP contribution in [0.5, 0.6) is 0 Å². The Bertz CT molecular complexity index is 343. The molecule has 3 heteroatoms. The molecule has 0 aromatic carbocycles. The number of aromatic nitrogens is 2. The van der Waals surface area contributed by atoms with E-state index in [1.54, 1.807) is 6.20 Å². The molecule has 2 heterocycles. The largest absolute Gasteiger partial charge is 0.294 e. The summed E-state index contributed by atoms with van der Waals surface area (Å²) in [7, 11) is 0. The number of nitrogens with zero attached hydrogens (tertiary/aromatic N) is 2. The van der Waals surface area contributed by atoms with Gasteiger partial charge in [0.2, 0.25) is 0 Å². The van der Waals surface area contributed by atoms with Crippen molar-refractivity contribution >= 4 is 0 Å². The Hall–Kier alpha value is -1.12. The maximum atomic E-state index is 11.4. The molecule has 1 aliphatic rings. The second-order valence-electron chi connectivity index (χ2n) is 3.31. The lowest BCUT2D eigenvalue weighted by molar-refractivity contribution is 0.405. The van der Waals surface area contributed by atoms with E-state index in [4.69, 9.17) is 0 Å². The first-order valence-electron chi connectivity index (χ1n) is 4.35. The minimum Gasteiger partial charge on any atom is -0.294 e.